The first-order valence-electron chi connectivity index (χ1n) is 14.6. The Morgan fingerprint density at radius 3 is 2.37 bits per heavy atom. The van der Waals surface area contributed by atoms with Crippen LogP contribution < -0.4 is 15.5 Å². The third kappa shape index (κ3) is 5.29. The Bertz CT molecular complexity index is 1810. The predicted octanol–water partition coefficient (Wildman–Crippen LogP) is 4.30. The Kier molecular flexibility index (Phi) is 7.52. The number of anilines is 1. The van der Waals surface area contributed by atoms with Crippen LogP contribution in [0.1, 0.15) is 39.4 Å². The number of fused-ring (bicyclic) bond motifs is 5. The minimum Gasteiger partial charge on any atom is -0.483 e. The van der Waals surface area contributed by atoms with E-state index in [-0.39, 0.29) is 5.43 Å². The van der Waals surface area contributed by atoms with E-state index >= 15 is 0 Å². The van der Waals surface area contributed by atoms with Crippen LogP contribution in [-0.2, 0) is 30.8 Å². The van der Waals surface area contributed by atoms with Crippen molar-refractivity contribution in [1.29, 1.82) is 0 Å². The van der Waals surface area contributed by atoms with Crippen molar-refractivity contribution in [2.24, 2.45) is 7.05 Å². The third-order valence-corrected chi connectivity index (χ3v) is 8.39. The van der Waals surface area contributed by atoms with E-state index in [4.69, 9.17) is 18.9 Å². The van der Waals surface area contributed by atoms with Crippen LogP contribution in [0.25, 0.3) is 32.6 Å². The second kappa shape index (κ2) is 11.2. The largest absolute Gasteiger partial charge is 0.483 e. The van der Waals surface area contributed by atoms with Gasteiger partial charge < -0.3 is 28.8 Å². The third-order valence-electron chi connectivity index (χ3n) is 8.39. The van der Waals surface area contributed by atoms with Crippen LogP contribution in [0.2, 0.25) is 0 Å². The van der Waals surface area contributed by atoms with Crippen molar-refractivity contribution in [3.63, 3.8) is 0 Å². The Hall–Kier alpha value is -4.15. The molecule has 1 saturated heterocycles. The van der Waals surface area contributed by atoms with Gasteiger partial charge >= 0.3 is 11.9 Å². The molecule has 43 heavy (non-hydrogen) atoms. The molecule has 0 aliphatic carbocycles. The average molecular weight is 588 g/mol. The summed E-state index contributed by atoms with van der Waals surface area (Å²) in [7, 11) is 1.89. The molecule has 2 aliphatic heterocycles. The number of benzene rings is 3. The van der Waals surface area contributed by atoms with Crippen LogP contribution >= 0.6 is 0 Å². The zero-order valence-electron chi connectivity index (χ0n) is 25.2. The molecule has 6 rings (SSSR count). The molecule has 0 spiro atoms. The van der Waals surface area contributed by atoms with Gasteiger partial charge in [0.1, 0.15) is 11.4 Å². The van der Waals surface area contributed by atoms with E-state index in [1.807, 2.05) is 54.1 Å². The summed E-state index contributed by atoms with van der Waals surface area (Å²) in [5.74, 6) is -0.613. The maximum absolute atomic E-state index is 14.5. The zero-order valence-corrected chi connectivity index (χ0v) is 25.2. The van der Waals surface area contributed by atoms with Crippen LogP contribution in [0, 0.1) is 0 Å². The van der Waals surface area contributed by atoms with E-state index in [0.717, 1.165) is 35.9 Å². The van der Waals surface area contributed by atoms with Gasteiger partial charge in [0, 0.05) is 58.5 Å². The SMILES string of the molecule is CC(=O)OC1c2c(cc(NCCN3CCOCC3)c3c(=O)c4cc5ccccc5cc4n(C)c23)OC(C)(C)[C@H]1OC(C)=O. The van der Waals surface area contributed by atoms with Gasteiger partial charge in [0.15, 0.2) is 17.6 Å². The summed E-state index contributed by atoms with van der Waals surface area (Å²) >= 11 is 0. The highest BCUT2D eigenvalue weighted by Crippen LogP contribution is 2.48. The molecule has 2 atom stereocenters. The Balaban J connectivity index is 1.62. The van der Waals surface area contributed by atoms with E-state index in [1.54, 1.807) is 13.8 Å². The fraction of sp³-hybridized carbons (Fsp3) is 0.424. The molecule has 1 unspecified atom stereocenters. The number of morpholine rings is 1. The van der Waals surface area contributed by atoms with Crippen LogP contribution in [0.5, 0.6) is 5.75 Å². The van der Waals surface area contributed by atoms with Crippen LogP contribution in [0.3, 0.4) is 0 Å². The Labute approximate surface area is 249 Å². The number of carbonyl (C=O) groups is 2. The molecule has 1 N–H and O–H groups in total. The lowest BCUT2D eigenvalue weighted by atomic mass is 9.86. The van der Waals surface area contributed by atoms with Crippen LogP contribution in [-0.4, -0.2) is 72.5 Å². The number of nitrogens with one attached hydrogen (secondary N) is 1. The van der Waals surface area contributed by atoms with Gasteiger partial charge in [-0.3, -0.25) is 19.3 Å². The summed E-state index contributed by atoms with van der Waals surface area (Å²) in [5, 5.41) is 6.49. The summed E-state index contributed by atoms with van der Waals surface area (Å²) < 4.78 is 25.6. The molecule has 226 valence electrons. The van der Waals surface area contributed by atoms with E-state index in [1.165, 1.54) is 13.8 Å². The number of carbonyl (C=O) groups excluding carboxylic acids is 2. The van der Waals surface area contributed by atoms with Crippen molar-refractivity contribution in [3.8, 4) is 5.75 Å². The maximum atomic E-state index is 14.5. The average Bonchev–Trinajstić information content (AvgIpc) is 2.96. The standard InChI is InChI=1S/C33H37N3O7/c1-19(37)41-31-28-26(43-33(3,4)32(31)42-20(2)38)18-24(34-10-11-36-12-14-40-15-13-36)27-29(28)35(5)25-17-22-9-7-6-8-21(22)16-23(25)30(27)39/h6-9,16-18,31-32,34H,10-15H2,1-5H3/t31?,32-/m0/s1. The number of aromatic nitrogens is 1. The Morgan fingerprint density at radius 2 is 1.70 bits per heavy atom. The highest BCUT2D eigenvalue weighted by Gasteiger charge is 2.50. The maximum Gasteiger partial charge on any atom is 0.303 e. The first-order valence-corrected chi connectivity index (χ1v) is 14.6. The van der Waals surface area contributed by atoms with E-state index < -0.39 is 29.7 Å². The molecule has 10 nitrogen and oxygen atoms in total. The number of hydrogen-bond acceptors (Lipinski definition) is 9. The molecule has 2 aliphatic rings. The lowest BCUT2D eigenvalue weighted by Gasteiger charge is -2.43. The number of nitrogens with zero attached hydrogens (tertiary/aromatic N) is 2. The summed E-state index contributed by atoms with van der Waals surface area (Å²) in [6.07, 6.45) is -1.96. The van der Waals surface area contributed by atoms with Crippen molar-refractivity contribution >= 4 is 50.2 Å². The number of hydrogen-bond donors (Lipinski definition) is 1. The summed E-state index contributed by atoms with van der Waals surface area (Å²) in [6.45, 7) is 10.7. The van der Waals surface area contributed by atoms with Gasteiger partial charge in [-0.25, -0.2) is 0 Å². The van der Waals surface area contributed by atoms with E-state index in [9.17, 15) is 14.4 Å². The molecule has 1 fully saturated rings. The molecular formula is C33H37N3O7. The van der Waals surface area contributed by atoms with Gasteiger partial charge in [0.2, 0.25) is 0 Å². The smallest absolute Gasteiger partial charge is 0.303 e. The molecule has 1 aromatic heterocycles. The molecule has 0 radical (unpaired) electrons. The number of aryl methyl sites for hydroxylation is 1. The van der Waals surface area contributed by atoms with E-state index in [2.05, 4.69) is 10.2 Å². The van der Waals surface area contributed by atoms with Gasteiger partial charge in [0.05, 0.1) is 40.9 Å². The molecular weight excluding hydrogens is 550 g/mol. The van der Waals surface area contributed by atoms with Gasteiger partial charge in [-0.2, -0.15) is 0 Å². The lowest BCUT2D eigenvalue weighted by Crippen LogP contribution is -2.52. The minimum absolute atomic E-state index is 0.152. The summed E-state index contributed by atoms with van der Waals surface area (Å²) in [6, 6.07) is 13.6. The predicted molar refractivity (Wildman–Crippen MR) is 165 cm³/mol. The fourth-order valence-electron chi connectivity index (χ4n) is 6.39. The number of rotatable bonds is 6. The first-order chi connectivity index (χ1) is 20.5. The van der Waals surface area contributed by atoms with E-state index in [0.29, 0.717) is 53.0 Å². The molecule has 0 amide bonds. The lowest BCUT2D eigenvalue weighted by molar-refractivity contribution is -0.187. The molecule has 10 heteroatoms. The second-order valence-corrected chi connectivity index (χ2v) is 11.8. The fourth-order valence-corrected chi connectivity index (χ4v) is 6.39. The van der Waals surface area contributed by atoms with Crippen molar-refractivity contribution in [3.05, 3.63) is 58.3 Å². The molecule has 0 bridgehead atoms. The van der Waals surface area contributed by atoms with Crippen LogP contribution in [0.4, 0.5) is 5.69 Å². The highest BCUT2D eigenvalue weighted by atomic mass is 16.6. The molecule has 3 heterocycles. The quantitative estimate of drug-likeness (QED) is 0.261. The first kappa shape index (κ1) is 28.9. The van der Waals surface area contributed by atoms with Crippen molar-refractivity contribution < 1.29 is 28.5 Å². The summed E-state index contributed by atoms with van der Waals surface area (Å²) in [4.78, 5) is 41.5. The van der Waals surface area contributed by atoms with Crippen molar-refractivity contribution in [2.75, 3.05) is 44.7 Å². The highest BCUT2D eigenvalue weighted by molar-refractivity contribution is 6.06. The van der Waals surface area contributed by atoms with Crippen LogP contribution in [0.15, 0.2) is 47.3 Å². The Morgan fingerprint density at radius 1 is 1.02 bits per heavy atom. The number of esters is 2. The topological polar surface area (TPSA) is 108 Å². The van der Waals surface area contributed by atoms with Gasteiger partial charge in [-0.05, 0) is 36.8 Å². The monoisotopic (exact) mass is 587 g/mol. The van der Waals surface area contributed by atoms with Gasteiger partial charge in [0.25, 0.3) is 0 Å². The molecule has 4 aromatic rings. The zero-order chi connectivity index (χ0) is 30.5. The minimum atomic E-state index is -1.04. The molecule has 0 saturated carbocycles. The normalized spacial score (nSPS) is 20.0. The molecule has 3 aromatic carbocycles. The number of ether oxygens (including phenoxy) is 4. The van der Waals surface area contributed by atoms with Gasteiger partial charge in [-0.1, -0.05) is 24.3 Å². The van der Waals surface area contributed by atoms with Gasteiger partial charge in [-0.15, -0.1) is 0 Å². The van der Waals surface area contributed by atoms with Crippen molar-refractivity contribution in [2.45, 2.75) is 45.5 Å². The summed E-state index contributed by atoms with van der Waals surface area (Å²) in [5.41, 5.74) is 1.20. The van der Waals surface area contributed by atoms with Crippen molar-refractivity contribution in [1.82, 2.24) is 9.47 Å². The number of pyridine rings is 1. The second-order valence-electron chi connectivity index (χ2n) is 11.8.